The minimum atomic E-state index is -4.43. The van der Waals surface area contributed by atoms with Crippen molar-refractivity contribution >= 4 is 35.1 Å². The van der Waals surface area contributed by atoms with Crippen LogP contribution in [0.3, 0.4) is 0 Å². The molecule has 2 aliphatic rings. The molecule has 6 rings (SSSR count). The highest BCUT2D eigenvalue weighted by molar-refractivity contribution is 5.97. The van der Waals surface area contributed by atoms with Gasteiger partial charge in [0.05, 0.1) is 43.7 Å². The second-order valence-electron chi connectivity index (χ2n) is 19.1. The Morgan fingerprint density at radius 3 is 1.42 bits per heavy atom. The van der Waals surface area contributed by atoms with E-state index in [4.69, 9.17) is 19.3 Å². The standard InChI is InChI=1S/C28H35F3N2O4.C26H31F3N2O4/c1-5-36-27(35)11-12-32(4)17-26(34)33-13-10-22-16-23(8-9-25(22)33)37-18-20-6-7-21(14-19(2)3)24(15-20)28(29,30)31;1-17(2)12-19-5-4-18(13-22(19)26(27,28)29)16-35-21-6-7-23-20(14-21)8-11-31(23)24(32)15-30(3)10-9-25(33)34/h6-9,15-16,19H,5,10-14,17-18H2,1-4H3;4-7,13-14,17H,8-12,15-16H2,1-3H3,(H,33,34). The zero-order valence-corrected chi connectivity index (χ0v) is 42.1. The number of nitrogens with zero attached hydrogens (tertiary/aromatic N) is 4. The van der Waals surface area contributed by atoms with Crippen molar-refractivity contribution in [2.45, 2.75) is 98.7 Å². The Bertz CT molecular complexity index is 2510. The maximum Gasteiger partial charge on any atom is 0.416 e. The second kappa shape index (κ2) is 25.5. The number of alkyl halides is 6. The van der Waals surface area contributed by atoms with Gasteiger partial charge in [0, 0.05) is 37.6 Å². The van der Waals surface area contributed by atoms with Crippen LogP contribution >= 0.6 is 0 Å². The fourth-order valence-electron chi connectivity index (χ4n) is 8.57. The molecule has 2 heterocycles. The van der Waals surface area contributed by atoms with Crippen molar-refractivity contribution in [3.63, 3.8) is 0 Å². The average molecular weight is 1010 g/mol. The summed E-state index contributed by atoms with van der Waals surface area (Å²) in [7, 11) is 3.49. The first-order valence-corrected chi connectivity index (χ1v) is 24.2. The van der Waals surface area contributed by atoms with Crippen LogP contribution in [0.5, 0.6) is 11.5 Å². The number of hydrogen-bond acceptors (Lipinski definition) is 9. The highest BCUT2D eigenvalue weighted by Gasteiger charge is 2.35. The number of esters is 1. The number of likely N-dealkylation sites (N-methyl/N-ethyl adjacent to an activating group) is 2. The first-order valence-electron chi connectivity index (χ1n) is 24.2. The molecule has 12 nitrogen and oxygen atoms in total. The van der Waals surface area contributed by atoms with Crippen molar-refractivity contribution in [2.24, 2.45) is 11.8 Å². The molecule has 0 aliphatic carbocycles. The summed E-state index contributed by atoms with van der Waals surface area (Å²) in [6.07, 6.45) is -6.65. The van der Waals surface area contributed by atoms with Crippen molar-refractivity contribution in [1.29, 1.82) is 0 Å². The van der Waals surface area contributed by atoms with E-state index < -0.39 is 29.4 Å². The molecule has 1 N–H and O–H groups in total. The number of rotatable bonds is 21. The highest BCUT2D eigenvalue weighted by Crippen LogP contribution is 2.37. The topological polar surface area (TPSA) is 129 Å². The molecular formula is C54H66F6N4O8. The molecule has 0 atom stereocenters. The number of anilines is 2. The summed E-state index contributed by atoms with van der Waals surface area (Å²) >= 11 is 0. The lowest BCUT2D eigenvalue weighted by atomic mass is 9.96. The number of ether oxygens (including phenoxy) is 3. The van der Waals surface area contributed by atoms with Crippen molar-refractivity contribution in [2.75, 3.05) is 69.8 Å². The summed E-state index contributed by atoms with van der Waals surface area (Å²) in [6.45, 7) is 11.7. The van der Waals surface area contributed by atoms with Crippen molar-refractivity contribution < 1.29 is 64.8 Å². The highest BCUT2D eigenvalue weighted by atomic mass is 19.4. The minimum Gasteiger partial charge on any atom is -0.489 e. The first kappa shape index (κ1) is 56.8. The van der Waals surface area contributed by atoms with E-state index in [0.717, 1.165) is 28.6 Å². The lowest BCUT2D eigenvalue weighted by Crippen LogP contribution is -2.38. The molecule has 0 fully saturated rings. The van der Waals surface area contributed by atoms with E-state index >= 15 is 0 Å². The van der Waals surface area contributed by atoms with Crippen LogP contribution in [0.4, 0.5) is 37.7 Å². The smallest absolute Gasteiger partial charge is 0.416 e. The minimum absolute atomic E-state index is 0.000835. The monoisotopic (exact) mass is 1010 g/mol. The Labute approximate surface area is 417 Å². The van der Waals surface area contributed by atoms with Crippen LogP contribution in [0, 0.1) is 11.8 Å². The van der Waals surface area contributed by atoms with Crippen molar-refractivity contribution in [1.82, 2.24) is 9.80 Å². The molecule has 4 aromatic carbocycles. The van der Waals surface area contributed by atoms with Crippen LogP contribution in [0.1, 0.15) is 92.0 Å². The average Bonchev–Trinajstić information content (AvgIpc) is 3.93. The van der Waals surface area contributed by atoms with Gasteiger partial charge in [-0.1, -0.05) is 52.0 Å². The number of amides is 2. The Balaban J connectivity index is 0.000000268. The molecule has 0 spiro atoms. The number of carboxylic acid groups (broad SMARTS) is 1. The van der Waals surface area contributed by atoms with Gasteiger partial charge in [-0.25, -0.2) is 0 Å². The number of carbonyl (C=O) groups excluding carboxylic acids is 3. The third-order valence-corrected chi connectivity index (χ3v) is 12.0. The Morgan fingerprint density at radius 1 is 0.625 bits per heavy atom. The van der Waals surface area contributed by atoms with E-state index in [1.165, 1.54) is 18.2 Å². The molecule has 72 heavy (non-hydrogen) atoms. The fraction of sp³-hybridized carbons (Fsp3) is 0.481. The molecule has 2 aliphatic heterocycles. The summed E-state index contributed by atoms with van der Waals surface area (Å²) in [6, 6.07) is 19.4. The van der Waals surface area contributed by atoms with E-state index in [-0.39, 0.29) is 80.9 Å². The van der Waals surface area contributed by atoms with Crippen molar-refractivity contribution in [3.8, 4) is 11.5 Å². The van der Waals surface area contributed by atoms with Crippen LogP contribution < -0.4 is 19.3 Å². The van der Waals surface area contributed by atoms with Crippen LogP contribution in [0.25, 0.3) is 0 Å². The van der Waals surface area contributed by atoms with E-state index in [1.54, 1.807) is 77.0 Å². The molecule has 392 valence electrons. The number of aliphatic carboxylic acids is 1. The molecule has 0 unspecified atom stereocenters. The third kappa shape index (κ3) is 16.7. The van der Waals surface area contributed by atoms with Crippen molar-refractivity contribution in [3.05, 3.63) is 117 Å². The number of fused-ring (bicyclic) bond motifs is 2. The van der Waals surface area contributed by atoms with Gasteiger partial charge in [-0.05, 0) is 140 Å². The van der Waals surface area contributed by atoms with Gasteiger partial charge < -0.3 is 29.1 Å². The first-order chi connectivity index (χ1) is 33.9. The fourth-order valence-corrected chi connectivity index (χ4v) is 8.57. The number of benzene rings is 4. The lowest BCUT2D eigenvalue weighted by molar-refractivity contribution is -0.143. The maximum atomic E-state index is 13.6. The molecule has 0 saturated heterocycles. The SMILES string of the molecule is CC(C)Cc1ccc(COc2ccc3c(c2)CCN3C(=O)CN(C)CCC(=O)O)cc1C(F)(F)F.CCOC(=O)CCN(C)CC(=O)N1CCc2cc(OCc3ccc(CC(C)C)c(C(F)(F)F)c3)ccc21. The predicted molar refractivity (Wildman–Crippen MR) is 262 cm³/mol. The summed E-state index contributed by atoms with van der Waals surface area (Å²) in [5.74, 6) is -0.0963. The van der Waals surface area contributed by atoms with Crippen LogP contribution in [-0.2, 0) is 75.2 Å². The van der Waals surface area contributed by atoms with Crippen LogP contribution in [-0.4, -0.2) is 98.6 Å². The zero-order chi connectivity index (χ0) is 52.9. The molecule has 0 bridgehead atoms. The van der Waals surface area contributed by atoms with Gasteiger partial charge >= 0.3 is 24.3 Å². The Morgan fingerprint density at radius 2 is 1.04 bits per heavy atom. The van der Waals surface area contributed by atoms with Gasteiger partial charge in [-0.3, -0.25) is 29.0 Å². The number of hydrogen-bond donors (Lipinski definition) is 1. The van der Waals surface area contributed by atoms with Gasteiger partial charge in [0.1, 0.15) is 24.7 Å². The number of halogens is 6. The van der Waals surface area contributed by atoms with Gasteiger partial charge in [0.25, 0.3) is 0 Å². The zero-order valence-electron chi connectivity index (χ0n) is 42.1. The molecule has 0 aromatic heterocycles. The predicted octanol–water partition coefficient (Wildman–Crippen LogP) is 10.0. The largest absolute Gasteiger partial charge is 0.489 e. The van der Waals surface area contributed by atoms with Gasteiger partial charge in [0.2, 0.25) is 11.8 Å². The van der Waals surface area contributed by atoms with Crippen LogP contribution in [0.15, 0.2) is 72.8 Å². The third-order valence-electron chi connectivity index (χ3n) is 12.0. The van der Waals surface area contributed by atoms with E-state index in [0.29, 0.717) is 80.1 Å². The number of carbonyl (C=O) groups is 4. The normalized spacial score (nSPS) is 13.3. The molecule has 18 heteroatoms. The Hall–Kier alpha value is -6.14. The van der Waals surface area contributed by atoms with Gasteiger partial charge in [-0.15, -0.1) is 0 Å². The van der Waals surface area contributed by atoms with E-state index in [1.807, 2.05) is 39.8 Å². The summed E-state index contributed by atoms with van der Waals surface area (Å²) < 4.78 is 97.9. The van der Waals surface area contributed by atoms with E-state index in [2.05, 4.69) is 0 Å². The molecule has 0 radical (unpaired) electrons. The number of carboxylic acids is 1. The second-order valence-corrected chi connectivity index (χ2v) is 19.1. The van der Waals surface area contributed by atoms with E-state index in [9.17, 15) is 45.5 Å². The maximum absolute atomic E-state index is 13.6. The lowest BCUT2D eigenvalue weighted by Gasteiger charge is -2.22. The molecule has 0 saturated carbocycles. The molecular weight excluding hydrogens is 947 g/mol. The van der Waals surface area contributed by atoms with Gasteiger partial charge in [0.15, 0.2) is 0 Å². The molecule has 4 aromatic rings. The van der Waals surface area contributed by atoms with Gasteiger partial charge in [-0.2, -0.15) is 26.3 Å². The van der Waals surface area contributed by atoms with Crippen LogP contribution in [0.2, 0.25) is 0 Å². The quantitative estimate of drug-likeness (QED) is 0.0636. The Kier molecular flexibility index (Phi) is 20.1. The summed E-state index contributed by atoms with van der Waals surface area (Å²) in [5, 5.41) is 8.79. The summed E-state index contributed by atoms with van der Waals surface area (Å²) in [5.41, 5.74) is 3.67. The summed E-state index contributed by atoms with van der Waals surface area (Å²) in [4.78, 5) is 54.6. The molecule has 2 amide bonds.